The number of nitro groups is 1. The second kappa shape index (κ2) is 7.66. The van der Waals surface area contributed by atoms with Crippen LogP contribution in [0.5, 0.6) is 5.75 Å². The molecule has 0 bridgehead atoms. The molecule has 0 saturated heterocycles. The average molecular weight is 303 g/mol. The van der Waals surface area contributed by atoms with Gasteiger partial charge in [-0.15, -0.1) is 0 Å². The number of carbonyl (C=O) groups excluding carboxylic acids is 1. The zero-order valence-corrected chi connectivity index (χ0v) is 11.6. The van der Waals surface area contributed by atoms with E-state index in [1.165, 1.54) is 18.2 Å². The molecular weight excluding hydrogens is 288 g/mol. The zero-order chi connectivity index (χ0) is 15.1. The smallest absolute Gasteiger partial charge is 0.323 e. The molecule has 20 heavy (non-hydrogen) atoms. The lowest BCUT2D eigenvalue weighted by Gasteiger charge is -2.12. The van der Waals surface area contributed by atoms with Gasteiger partial charge in [-0.25, -0.2) is 0 Å². The third-order valence-corrected chi connectivity index (χ3v) is 2.70. The van der Waals surface area contributed by atoms with Crippen molar-refractivity contribution in [3.8, 4) is 5.75 Å². The number of hydrogen-bond donors (Lipinski definition) is 1. The fourth-order valence-corrected chi connectivity index (χ4v) is 1.61. The second-order valence-corrected chi connectivity index (χ2v) is 4.27. The summed E-state index contributed by atoms with van der Waals surface area (Å²) < 4.78 is 10.1. The van der Waals surface area contributed by atoms with Crippen molar-refractivity contribution in [2.24, 2.45) is 5.73 Å². The van der Waals surface area contributed by atoms with Gasteiger partial charge in [0.05, 0.1) is 23.2 Å². The summed E-state index contributed by atoms with van der Waals surface area (Å²) in [5, 5.41) is 10.7. The van der Waals surface area contributed by atoms with Crippen LogP contribution in [-0.4, -0.2) is 30.1 Å². The molecular formula is C12H15ClN2O5. The monoisotopic (exact) mass is 302 g/mol. The molecule has 0 aliphatic rings. The molecule has 0 aliphatic carbocycles. The maximum Gasteiger partial charge on any atom is 0.323 e. The third-order valence-electron chi connectivity index (χ3n) is 2.40. The summed E-state index contributed by atoms with van der Waals surface area (Å²) in [6.07, 6.45) is 0.256. The van der Waals surface area contributed by atoms with Crippen LogP contribution in [0.2, 0.25) is 5.02 Å². The fourth-order valence-electron chi connectivity index (χ4n) is 1.38. The van der Waals surface area contributed by atoms with Crippen LogP contribution in [0.3, 0.4) is 0 Å². The van der Waals surface area contributed by atoms with E-state index in [1.807, 2.05) is 0 Å². The van der Waals surface area contributed by atoms with Crippen molar-refractivity contribution < 1.29 is 19.2 Å². The summed E-state index contributed by atoms with van der Waals surface area (Å²) in [6.45, 7) is 2.11. The van der Waals surface area contributed by atoms with Crippen molar-refractivity contribution in [2.75, 3.05) is 13.2 Å². The number of nitro benzene ring substituents is 1. The SMILES string of the molecule is CCOC(=O)C(N)CCOc1ccc([N+](=O)[O-])cc1Cl. The Hall–Kier alpha value is -1.86. The number of benzene rings is 1. The first-order chi connectivity index (χ1) is 9.45. The highest BCUT2D eigenvalue weighted by molar-refractivity contribution is 6.32. The van der Waals surface area contributed by atoms with Gasteiger partial charge >= 0.3 is 5.97 Å². The standard InChI is InChI=1S/C12H15ClN2O5/c1-2-19-12(16)10(14)5-6-20-11-4-3-8(15(17)18)7-9(11)13/h3-4,7,10H,2,5-6,14H2,1H3. The first-order valence-electron chi connectivity index (χ1n) is 5.94. The maximum absolute atomic E-state index is 11.3. The van der Waals surface area contributed by atoms with Crippen LogP contribution < -0.4 is 10.5 Å². The van der Waals surface area contributed by atoms with Crippen LogP contribution in [0, 0.1) is 10.1 Å². The van der Waals surface area contributed by atoms with E-state index in [0.29, 0.717) is 5.75 Å². The van der Waals surface area contributed by atoms with Crippen molar-refractivity contribution in [1.29, 1.82) is 0 Å². The molecule has 1 rings (SSSR count). The number of halogens is 1. The predicted molar refractivity (Wildman–Crippen MR) is 72.8 cm³/mol. The lowest BCUT2D eigenvalue weighted by atomic mass is 10.2. The topological polar surface area (TPSA) is 105 Å². The molecule has 0 aromatic heterocycles. The number of nitrogens with zero attached hydrogens (tertiary/aromatic N) is 1. The molecule has 8 heteroatoms. The molecule has 1 unspecified atom stereocenters. The molecule has 0 saturated carbocycles. The van der Waals surface area contributed by atoms with E-state index in [-0.39, 0.29) is 30.3 Å². The summed E-state index contributed by atoms with van der Waals surface area (Å²) in [4.78, 5) is 21.3. The average Bonchev–Trinajstić information content (AvgIpc) is 2.40. The molecule has 1 aromatic carbocycles. The Morgan fingerprint density at radius 1 is 1.55 bits per heavy atom. The van der Waals surface area contributed by atoms with Gasteiger partial charge in [0, 0.05) is 18.6 Å². The van der Waals surface area contributed by atoms with Gasteiger partial charge in [0.2, 0.25) is 0 Å². The van der Waals surface area contributed by atoms with Crippen molar-refractivity contribution in [3.05, 3.63) is 33.3 Å². The van der Waals surface area contributed by atoms with E-state index in [0.717, 1.165) is 0 Å². The molecule has 0 fully saturated rings. The molecule has 0 heterocycles. The first-order valence-corrected chi connectivity index (χ1v) is 6.32. The number of non-ortho nitro benzene ring substituents is 1. The van der Waals surface area contributed by atoms with Crippen molar-refractivity contribution >= 4 is 23.3 Å². The van der Waals surface area contributed by atoms with E-state index in [9.17, 15) is 14.9 Å². The summed E-state index contributed by atoms with van der Waals surface area (Å²) >= 11 is 5.85. The van der Waals surface area contributed by atoms with Gasteiger partial charge in [-0.05, 0) is 13.0 Å². The molecule has 0 amide bonds. The van der Waals surface area contributed by atoms with Crippen molar-refractivity contribution in [1.82, 2.24) is 0 Å². The minimum Gasteiger partial charge on any atom is -0.492 e. The molecule has 110 valence electrons. The summed E-state index contributed by atoms with van der Waals surface area (Å²) in [5.41, 5.74) is 5.47. The first kappa shape index (κ1) is 16.2. The van der Waals surface area contributed by atoms with Gasteiger partial charge in [0.15, 0.2) is 0 Å². The Bertz CT molecular complexity index is 495. The highest BCUT2D eigenvalue weighted by Crippen LogP contribution is 2.28. The maximum atomic E-state index is 11.3. The van der Waals surface area contributed by atoms with Gasteiger partial charge in [0.25, 0.3) is 5.69 Å². The molecule has 0 aliphatic heterocycles. The van der Waals surface area contributed by atoms with Crippen LogP contribution in [0.4, 0.5) is 5.69 Å². The number of nitrogens with two attached hydrogens (primary N) is 1. The number of esters is 1. The van der Waals surface area contributed by atoms with E-state index in [2.05, 4.69) is 0 Å². The van der Waals surface area contributed by atoms with Crippen LogP contribution in [0.15, 0.2) is 18.2 Å². The van der Waals surface area contributed by atoms with Crippen LogP contribution in [0.1, 0.15) is 13.3 Å². The Labute approximate surface area is 120 Å². The minimum atomic E-state index is -0.772. The number of hydrogen-bond acceptors (Lipinski definition) is 6. The normalized spacial score (nSPS) is 11.8. The molecule has 0 spiro atoms. The van der Waals surface area contributed by atoms with Gasteiger partial charge in [-0.3, -0.25) is 14.9 Å². The molecule has 0 radical (unpaired) electrons. The lowest BCUT2D eigenvalue weighted by molar-refractivity contribution is -0.384. The van der Waals surface area contributed by atoms with Gasteiger partial charge in [0.1, 0.15) is 11.8 Å². The predicted octanol–water partition coefficient (Wildman–Crippen LogP) is 1.91. The molecule has 1 atom stereocenters. The zero-order valence-electron chi connectivity index (χ0n) is 10.9. The second-order valence-electron chi connectivity index (χ2n) is 3.87. The summed E-state index contributed by atoms with van der Waals surface area (Å²) in [5.74, 6) is -0.195. The van der Waals surface area contributed by atoms with Gasteiger partial charge in [-0.2, -0.15) is 0 Å². The Balaban J connectivity index is 2.50. The van der Waals surface area contributed by atoms with Crippen LogP contribution in [0.25, 0.3) is 0 Å². The van der Waals surface area contributed by atoms with Crippen molar-refractivity contribution in [3.63, 3.8) is 0 Å². The Morgan fingerprint density at radius 3 is 2.80 bits per heavy atom. The summed E-state index contributed by atoms with van der Waals surface area (Å²) in [6, 6.07) is 3.11. The molecule has 7 nitrogen and oxygen atoms in total. The van der Waals surface area contributed by atoms with Gasteiger partial charge < -0.3 is 15.2 Å². The quantitative estimate of drug-likeness (QED) is 0.468. The highest BCUT2D eigenvalue weighted by Gasteiger charge is 2.15. The molecule has 1 aromatic rings. The van der Waals surface area contributed by atoms with Crippen LogP contribution >= 0.6 is 11.6 Å². The lowest BCUT2D eigenvalue weighted by Crippen LogP contribution is -2.33. The fraction of sp³-hybridized carbons (Fsp3) is 0.417. The number of ether oxygens (including phenoxy) is 2. The van der Waals surface area contributed by atoms with E-state index < -0.39 is 16.9 Å². The van der Waals surface area contributed by atoms with E-state index in [1.54, 1.807) is 6.92 Å². The Morgan fingerprint density at radius 2 is 2.25 bits per heavy atom. The largest absolute Gasteiger partial charge is 0.492 e. The van der Waals surface area contributed by atoms with Crippen molar-refractivity contribution in [2.45, 2.75) is 19.4 Å². The van der Waals surface area contributed by atoms with Crippen LogP contribution in [-0.2, 0) is 9.53 Å². The molecule has 2 N–H and O–H groups in total. The summed E-state index contributed by atoms with van der Waals surface area (Å²) in [7, 11) is 0. The Kier molecular flexibility index (Phi) is 6.20. The van der Waals surface area contributed by atoms with Gasteiger partial charge in [-0.1, -0.05) is 11.6 Å². The minimum absolute atomic E-state index is 0.120. The number of rotatable bonds is 7. The van der Waals surface area contributed by atoms with E-state index >= 15 is 0 Å². The number of carbonyl (C=O) groups is 1. The van der Waals surface area contributed by atoms with E-state index in [4.69, 9.17) is 26.8 Å². The third kappa shape index (κ3) is 4.67. The highest BCUT2D eigenvalue weighted by atomic mass is 35.5.